The second kappa shape index (κ2) is 6.70. The number of carbonyl (C=O) groups excluding carboxylic acids is 1. The molecule has 3 saturated carbocycles. The van der Waals surface area contributed by atoms with E-state index in [-0.39, 0.29) is 5.91 Å². The topological polar surface area (TPSA) is 59.8 Å². The Kier molecular flexibility index (Phi) is 4.58. The Morgan fingerprint density at radius 3 is 2.75 bits per heavy atom. The average molecular weight is 349 g/mol. The molecule has 4 rings (SSSR count). The van der Waals surface area contributed by atoms with E-state index < -0.39 is 0 Å². The van der Waals surface area contributed by atoms with Crippen molar-refractivity contribution >= 4 is 17.7 Å². The molecule has 1 N–H and O–H groups in total. The van der Waals surface area contributed by atoms with Gasteiger partial charge in [0.1, 0.15) is 5.82 Å². The molecule has 1 heterocycles. The number of nitrogens with zero attached hydrogens (tertiary/aromatic N) is 3. The molecule has 3 aliphatic rings. The first-order valence-corrected chi connectivity index (χ1v) is 10.5. The minimum atomic E-state index is 0.133. The molecule has 2 bridgehead atoms. The largest absolute Gasteiger partial charge is 0.353 e. The SMILES string of the molecule is CCn1c(SCC(=O)NC(C)C2CC3CCC2C3)nnc1C1CC1. The van der Waals surface area contributed by atoms with Crippen molar-refractivity contribution in [2.75, 3.05) is 5.75 Å². The summed E-state index contributed by atoms with van der Waals surface area (Å²) < 4.78 is 2.18. The minimum Gasteiger partial charge on any atom is -0.353 e. The molecule has 24 heavy (non-hydrogen) atoms. The van der Waals surface area contributed by atoms with Crippen LogP contribution in [0.25, 0.3) is 0 Å². The van der Waals surface area contributed by atoms with E-state index in [2.05, 4.69) is 33.9 Å². The zero-order valence-corrected chi connectivity index (χ0v) is 15.5. The highest BCUT2D eigenvalue weighted by molar-refractivity contribution is 7.99. The Bertz CT molecular complexity index is 612. The molecule has 0 aromatic carbocycles. The molecule has 132 valence electrons. The average Bonchev–Trinajstić information content (AvgIpc) is 3.03. The van der Waals surface area contributed by atoms with Crippen molar-refractivity contribution in [2.24, 2.45) is 17.8 Å². The van der Waals surface area contributed by atoms with Gasteiger partial charge in [-0.25, -0.2) is 0 Å². The molecule has 0 aliphatic heterocycles. The summed E-state index contributed by atoms with van der Waals surface area (Å²) in [5, 5.41) is 12.8. The van der Waals surface area contributed by atoms with Crippen LogP contribution in [0.2, 0.25) is 0 Å². The third kappa shape index (κ3) is 3.22. The van der Waals surface area contributed by atoms with Crippen LogP contribution in [0.4, 0.5) is 0 Å². The van der Waals surface area contributed by atoms with E-state index in [0.717, 1.165) is 29.4 Å². The molecule has 1 amide bonds. The second-order valence-electron chi connectivity index (χ2n) is 7.84. The van der Waals surface area contributed by atoms with Crippen LogP contribution in [0.15, 0.2) is 5.16 Å². The molecular weight excluding hydrogens is 320 g/mol. The molecule has 1 aromatic heterocycles. The number of fused-ring (bicyclic) bond motifs is 2. The lowest BCUT2D eigenvalue weighted by Crippen LogP contribution is -2.40. The molecule has 0 radical (unpaired) electrons. The van der Waals surface area contributed by atoms with Gasteiger partial charge >= 0.3 is 0 Å². The standard InChI is InChI=1S/C18H28N4OS/c1-3-22-17(13-6-7-13)20-21-18(22)24-10-16(23)19-11(2)15-9-12-4-5-14(15)8-12/h11-15H,3-10H2,1-2H3,(H,19,23). The number of amides is 1. The van der Waals surface area contributed by atoms with Crippen LogP contribution >= 0.6 is 11.8 Å². The van der Waals surface area contributed by atoms with Gasteiger partial charge in [-0.15, -0.1) is 10.2 Å². The van der Waals surface area contributed by atoms with Gasteiger partial charge in [0.05, 0.1) is 5.75 Å². The van der Waals surface area contributed by atoms with Crippen molar-refractivity contribution < 1.29 is 4.79 Å². The molecule has 0 spiro atoms. The van der Waals surface area contributed by atoms with E-state index in [1.165, 1.54) is 50.3 Å². The van der Waals surface area contributed by atoms with Crippen LogP contribution in [0.5, 0.6) is 0 Å². The fraction of sp³-hybridized carbons (Fsp3) is 0.833. The van der Waals surface area contributed by atoms with E-state index >= 15 is 0 Å². The van der Waals surface area contributed by atoms with Crippen molar-refractivity contribution in [3.8, 4) is 0 Å². The lowest BCUT2D eigenvalue weighted by molar-refractivity contribution is -0.119. The van der Waals surface area contributed by atoms with Gasteiger partial charge in [0.25, 0.3) is 0 Å². The highest BCUT2D eigenvalue weighted by Gasteiger charge is 2.42. The third-order valence-electron chi connectivity index (χ3n) is 6.16. The number of nitrogens with one attached hydrogen (secondary N) is 1. The normalized spacial score (nSPS) is 29.8. The summed E-state index contributed by atoms with van der Waals surface area (Å²) in [5.41, 5.74) is 0. The first-order valence-electron chi connectivity index (χ1n) is 9.51. The Balaban J connectivity index is 1.29. The van der Waals surface area contributed by atoms with Gasteiger partial charge in [0.2, 0.25) is 5.91 Å². The van der Waals surface area contributed by atoms with Gasteiger partial charge in [-0.1, -0.05) is 18.2 Å². The zero-order chi connectivity index (χ0) is 16.7. The summed E-state index contributed by atoms with van der Waals surface area (Å²) in [4.78, 5) is 12.4. The highest BCUT2D eigenvalue weighted by Crippen LogP contribution is 2.49. The van der Waals surface area contributed by atoms with Gasteiger partial charge in [-0.2, -0.15) is 0 Å². The van der Waals surface area contributed by atoms with E-state index in [1.807, 2.05) is 0 Å². The third-order valence-corrected chi connectivity index (χ3v) is 7.13. The number of hydrogen-bond donors (Lipinski definition) is 1. The molecular formula is C18H28N4OS. The fourth-order valence-electron chi connectivity index (χ4n) is 4.79. The van der Waals surface area contributed by atoms with E-state index in [4.69, 9.17) is 0 Å². The fourth-order valence-corrected chi connectivity index (χ4v) is 5.61. The molecule has 0 saturated heterocycles. The smallest absolute Gasteiger partial charge is 0.230 e. The number of carbonyl (C=O) groups is 1. The van der Waals surface area contributed by atoms with Crippen LogP contribution < -0.4 is 5.32 Å². The van der Waals surface area contributed by atoms with Crippen LogP contribution in [0.1, 0.15) is 64.1 Å². The summed E-state index contributed by atoms with van der Waals surface area (Å²) >= 11 is 1.52. The predicted molar refractivity (Wildman–Crippen MR) is 94.9 cm³/mol. The Morgan fingerprint density at radius 1 is 1.29 bits per heavy atom. The Morgan fingerprint density at radius 2 is 2.12 bits per heavy atom. The molecule has 3 aliphatic carbocycles. The maximum atomic E-state index is 12.4. The van der Waals surface area contributed by atoms with Crippen molar-refractivity contribution in [3.63, 3.8) is 0 Å². The van der Waals surface area contributed by atoms with Gasteiger partial charge in [-0.3, -0.25) is 4.79 Å². The van der Waals surface area contributed by atoms with Crippen molar-refractivity contribution in [3.05, 3.63) is 5.82 Å². The second-order valence-corrected chi connectivity index (χ2v) is 8.79. The lowest BCUT2D eigenvalue weighted by atomic mass is 9.84. The summed E-state index contributed by atoms with van der Waals surface area (Å²) in [7, 11) is 0. The number of thioether (sulfide) groups is 1. The summed E-state index contributed by atoms with van der Waals surface area (Å²) in [6.45, 7) is 5.19. The summed E-state index contributed by atoms with van der Waals surface area (Å²) in [6, 6.07) is 0.305. The van der Waals surface area contributed by atoms with Crippen molar-refractivity contribution in [1.82, 2.24) is 20.1 Å². The van der Waals surface area contributed by atoms with Gasteiger partial charge < -0.3 is 9.88 Å². The molecule has 3 fully saturated rings. The zero-order valence-electron chi connectivity index (χ0n) is 14.7. The van der Waals surface area contributed by atoms with Gasteiger partial charge in [0, 0.05) is 18.5 Å². The highest BCUT2D eigenvalue weighted by atomic mass is 32.2. The van der Waals surface area contributed by atoms with Crippen molar-refractivity contribution in [2.45, 2.75) is 76.0 Å². The molecule has 4 atom stereocenters. The van der Waals surface area contributed by atoms with Crippen LogP contribution in [0.3, 0.4) is 0 Å². The van der Waals surface area contributed by atoms with Crippen LogP contribution in [-0.4, -0.2) is 32.5 Å². The maximum absolute atomic E-state index is 12.4. The summed E-state index contributed by atoms with van der Waals surface area (Å²) in [6.07, 6.45) is 7.94. The quantitative estimate of drug-likeness (QED) is 0.769. The summed E-state index contributed by atoms with van der Waals surface area (Å²) in [5.74, 6) is 4.75. The van der Waals surface area contributed by atoms with Crippen molar-refractivity contribution in [1.29, 1.82) is 0 Å². The predicted octanol–water partition coefficient (Wildman–Crippen LogP) is 3.21. The van der Waals surface area contributed by atoms with E-state index in [0.29, 0.717) is 23.6 Å². The monoisotopic (exact) mass is 348 g/mol. The first kappa shape index (κ1) is 16.4. The van der Waals surface area contributed by atoms with E-state index in [9.17, 15) is 4.79 Å². The number of hydrogen-bond acceptors (Lipinski definition) is 4. The molecule has 1 aromatic rings. The van der Waals surface area contributed by atoms with Crippen LogP contribution in [-0.2, 0) is 11.3 Å². The van der Waals surface area contributed by atoms with E-state index in [1.54, 1.807) is 0 Å². The molecule has 5 nitrogen and oxygen atoms in total. The Hall–Kier alpha value is -1.04. The molecule has 6 heteroatoms. The number of aromatic nitrogens is 3. The first-order chi connectivity index (χ1) is 11.7. The minimum absolute atomic E-state index is 0.133. The van der Waals surface area contributed by atoms with Crippen LogP contribution in [0, 0.1) is 17.8 Å². The number of rotatable bonds is 7. The lowest BCUT2D eigenvalue weighted by Gasteiger charge is -2.28. The van der Waals surface area contributed by atoms with Gasteiger partial charge in [0.15, 0.2) is 5.16 Å². The molecule has 4 unspecified atom stereocenters. The maximum Gasteiger partial charge on any atom is 0.230 e. The Labute approximate surface area is 148 Å². The van der Waals surface area contributed by atoms with Gasteiger partial charge in [-0.05, 0) is 63.7 Å².